The van der Waals surface area contributed by atoms with Gasteiger partial charge in [0.05, 0.1) is 0 Å². The molecule has 0 bridgehead atoms. The van der Waals surface area contributed by atoms with Crippen molar-refractivity contribution >= 4 is 40.2 Å². The molecule has 3 N–H and O–H groups in total. The van der Waals surface area contributed by atoms with Crippen LogP contribution in [0.25, 0.3) is 0 Å². The zero-order valence-corrected chi connectivity index (χ0v) is 13.3. The van der Waals surface area contributed by atoms with Crippen molar-refractivity contribution < 1.29 is 14.7 Å². The van der Waals surface area contributed by atoms with Crippen molar-refractivity contribution in [2.24, 2.45) is 0 Å². The van der Waals surface area contributed by atoms with E-state index >= 15 is 0 Å². The van der Waals surface area contributed by atoms with Crippen LogP contribution in [0.5, 0.6) is 0 Å². The molecule has 0 aliphatic heterocycles. The highest BCUT2D eigenvalue weighted by atomic mass is 32.2. The number of carbonyl (C=O) groups is 2. The summed E-state index contributed by atoms with van der Waals surface area (Å²) in [7, 11) is 0. The van der Waals surface area contributed by atoms with Gasteiger partial charge in [0.2, 0.25) is 5.13 Å². The first kappa shape index (κ1) is 16.0. The molecule has 1 heterocycles. The third-order valence-corrected chi connectivity index (χ3v) is 5.20. The predicted molar refractivity (Wildman–Crippen MR) is 81.9 cm³/mol. The molecule has 0 radical (unpaired) electrons. The summed E-state index contributed by atoms with van der Waals surface area (Å²) in [6.45, 7) is 1.58. The number of carbonyl (C=O) groups excluding carboxylic acids is 1. The number of hydrogen-bond acceptors (Lipinski definition) is 6. The molecular weight excluding hydrogens is 312 g/mol. The van der Waals surface area contributed by atoms with Crippen LogP contribution in [0.1, 0.15) is 39.0 Å². The fourth-order valence-corrected chi connectivity index (χ4v) is 3.90. The van der Waals surface area contributed by atoms with Crippen molar-refractivity contribution in [3.63, 3.8) is 0 Å². The zero-order chi connectivity index (χ0) is 15.2. The number of anilines is 1. The van der Waals surface area contributed by atoms with Crippen LogP contribution in [-0.4, -0.2) is 38.6 Å². The molecule has 9 heteroatoms. The molecule has 1 fully saturated rings. The van der Waals surface area contributed by atoms with Gasteiger partial charge in [-0.25, -0.2) is 4.79 Å². The van der Waals surface area contributed by atoms with E-state index in [1.165, 1.54) is 17.8 Å². The fourth-order valence-electron chi connectivity index (χ4n) is 2.08. The Bertz CT molecular complexity index is 502. The summed E-state index contributed by atoms with van der Waals surface area (Å²) < 4.78 is 0.526. The van der Waals surface area contributed by atoms with Crippen molar-refractivity contribution in [1.29, 1.82) is 0 Å². The lowest BCUT2D eigenvalue weighted by molar-refractivity contribution is -0.136. The Morgan fingerprint density at radius 2 is 2.05 bits per heavy atom. The van der Waals surface area contributed by atoms with E-state index in [1.807, 2.05) is 0 Å². The maximum atomic E-state index is 11.8. The van der Waals surface area contributed by atoms with Crippen LogP contribution in [0.15, 0.2) is 4.34 Å². The van der Waals surface area contributed by atoms with E-state index in [1.54, 1.807) is 6.92 Å². The van der Waals surface area contributed by atoms with Gasteiger partial charge in [-0.15, -0.1) is 10.2 Å². The molecule has 7 nitrogen and oxygen atoms in total. The summed E-state index contributed by atoms with van der Waals surface area (Å²) in [5.41, 5.74) is 0. The van der Waals surface area contributed by atoms with E-state index in [9.17, 15) is 9.59 Å². The Balaban J connectivity index is 1.81. The van der Waals surface area contributed by atoms with Crippen molar-refractivity contribution in [3.05, 3.63) is 0 Å². The Kier molecular flexibility index (Phi) is 5.80. The van der Waals surface area contributed by atoms with E-state index in [4.69, 9.17) is 5.11 Å². The lowest BCUT2D eigenvalue weighted by atomic mass is 9.96. The Morgan fingerprint density at radius 3 is 2.71 bits per heavy atom. The summed E-state index contributed by atoms with van der Waals surface area (Å²) in [5, 5.41) is 21.9. The highest BCUT2D eigenvalue weighted by Gasteiger charge is 2.18. The topological polar surface area (TPSA) is 104 Å². The second-order valence-electron chi connectivity index (χ2n) is 4.90. The number of nitrogens with zero attached hydrogens (tertiary/aromatic N) is 2. The summed E-state index contributed by atoms with van der Waals surface area (Å²) in [4.78, 5) is 22.6. The minimum absolute atomic E-state index is 0.229. The maximum Gasteiger partial charge on any atom is 0.321 e. The number of urea groups is 1. The van der Waals surface area contributed by atoms with Crippen molar-refractivity contribution in [2.45, 2.75) is 54.7 Å². The molecule has 2 rings (SSSR count). The van der Waals surface area contributed by atoms with E-state index < -0.39 is 11.2 Å². The van der Waals surface area contributed by atoms with E-state index in [0.717, 1.165) is 37.4 Å². The molecular formula is C12H18N4O3S2. The Labute approximate surface area is 130 Å². The van der Waals surface area contributed by atoms with Crippen LogP contribution in [0.3, 0.4) is 0 Å². The molecule has 1 atom stereocenters. The summed E-state index contributed by atoms with van der Waals surface area (Å²) in [5.74, 6) is -0.903. The fraction of sp³-hybridized carbons (Fsp3) is 0.667. The van der Waals surface area contributed by atoms with Gasteiger partial charge < -0.3 is 10.4 Å². The first-order valence-corrected chi connectivity index (χ1v) is 8.54. The third kappa shape index (κ3) is 5.16. The molecule has 0 saturated heterocycles. The van der Waals surface area contributed by atoms with Gasteiger partial charge in [0.1, 0.15) is 5.25 Å². The van der Waals surface area contributed by atoms with E-state index in [0.29, 0.717) is 9.47 Å². The monoisotopic (exact) mass is 330 g/mol. The number of carboxylic acid groups (broad SMARTS) is 1. The second kappa shape index (κ2) is 7.60. The standard InChI is InChI=1S/C12H18N4O3S2/c1-7(9(17)18)20-12-16-15-11(21-12)14-10(19)13-8-5-3-2-4-6-8/h7-8H,2-6H2,1H3,(H,17,18)(H2,13,14,15,19)/t7-/m0/s1. The smallest absolute Gasteiger partial charge is 0.321 e. The molecule has 1 aromatic heterocycles. The number of nitrogens with one attached hydrogen (secondary N) is 2. The molecule has 0 unspecified atom stereocenters. The lowest BCUT2D eigenvalue weighted by Crippen LogP contribution is -2.38. The molecule has 0 aromatic carbocycles. The summed E-state index contributed by atoms with van der Waals surface area (Å²) in [6.07, 6.45) is 5.56. The van der Waals surface area contributed by atoms with E-state index in [-0.39, 0.29) is 12.1 Å². The molecule has 116 valence electrons. The van der Waals surface area contributed by atoms with Crippen LogP contribution in [0.4, 0.5) is 9.93 Å². The average Bonchev–Trinajstić information content (AvgIpc) is 2.86. The molecule has 2 amide bonds. The lowest BCUT2D eigenvalue weighted by Gasteiger charge is -2.22. The second-order valence-corrected chi connectivity index (χ2v) is 7.47. The normalized spacial score (nSPS) is 17.2. The number of aliphatic carboxylic acids is 1. The van der Waals surface area contributed by atoms with Gasteiger partial charge in [0.25, 0.3) is 0 Å². The number of rotatable bonds is 5. The van der Waals surface area contributed by atoms with Crippen LogP contribution < -0.4 is 10.6 Å². The highest BCUT2D eigenvalue weighted by Crippen LogP contribution is 2.28. The quantitative estimate of drug-likeness (QED) is 0.566. The van der Waals surface area contributed by atoms with Crippen LogP contribution >= 0.6 is 23.1 Å². The summed E-state index contributed by atoms with van der Waals surface area (Å²) >= 11 is 2.28. The van der Waals surface area contributed by atoms with Crippen LogP contribution in [0.2, 0.25) is 0 Å². The van der Waals surface area contributed by atoms with Gasteiger partial charge >= 0.3 is 12.0 Å². The molecule has 1 aromatic rings. The minimum atomic E-state index is -0.903. The Morgan fingerprint density at radius 1 is 1.33 bits per heavy atom. The van der Waals surface area contributed by atoms with Gasteiger partial charge in [-0.3, -0.25) is 10.1 Å². The average molecular weight is 330 g/mol. The van der Waals surface area contributed by atoms with Crippen molar-refractivity contribution in [3.8, 4) is 0 Å². The van der Waals surface area contributed by atoms with Crippen LogP contribution in [0, 0.1) is 0 Å². The molecule has 21 heavy (non-hydrogen) atoms. The van der Waals surface area contributed by atoms with Gasteiger partial charge in [-0.05, 0) is 19.8 Å². The number of amides is 2. The Hall–Kier alpha value is -1.35. The van der Waals surface area contributed by atoms with Crippen molar-refractivity contribution in [1.82, 2.24) is 15.5 Å². The van der Waals surface area contributed by atoms with Crippen molar-refractivity contribution in [2.75, 3.05) is 5.32 Å². The SMILES string of the molecule is C[C@H](Sc1nnc(NC(=O)NC2CCCCC2)s1)C(=O)O. The number of carboxylic acids is 1. The number of aromatic nitrogens is 2. The zero-order valence-electron chi connectivity index (χ0n) is 11.7. The first-order chi connectivity index (χ1) is 10.0. The number of thioether (sulfide) groups is 1. The largest absolute Gasteiger partial charge is 0.480 e. The minimum Gasteiger partial charge on any atom is -0.480 e. The third-order valence-electron chi connectivity index (χ3n) is 3.19. The van der Waals surface area contributed by atoms with Gasteiger partial charge in [0, 0.05) is 6.04 Å². The van der Waals surface area contributed by atoms with Gasteiger partial charge in [0.15, 0.2) is 4.34 Å². The van der Waals surface area contributed by atoms with Gasteiger partial charge in [-0.2, -0.15) is 0 Å². The van der Waals surface area contributed by atoms with Crippen LogP contribution in [-0.2, 0) is 4.79 Å². The summed E-state index contributed by atoms with van der Waals surface area (Å²) in [6, 6.07) is -0.0477. The predicted octanol–water partition coefficient (Wildman–Crippen LogP) is 2.56. The molecule has 1 saturated carbocycles. The molecule has 1 aliphatic rings. The van der Waals surface area contributed by atoms with E-state index in [2.05, 4.69) is 20.8 Å². The molecule has 0 spiro atoms. The maximum absolute atomic E-state index is 11.8. The first-order valence-electron chi connectivity index (χ1n) is 6.85. The van der Waals surface area contributed by atoms with Gasteiger partial charge in [-0.1, -0.05) is 42.4 Å². The molecule has 1 aliphatic carbocycles. The highest BCUT2D eigenvalue weighted by molar-refractivity contribution is 8.02. The number of hydrogen-bond donors (Lipinski definition) is 3.